The first-order chi connectivity index (χ1) is 10.5. The number of amides is 1. The molecule has 7 nitrogen and oxygen atoms in total. The Morgan fingerprint density at radius 3 is 3.00 bits per heavy atom. The van der Waals surface area contributed by atoms with Gasteiger partial charge in [-0.3, -0.25) is 9.36 Å². The van der Waals surface area contributed by atoms with E-state index in [2.05, 4.69) is 16.4 Å². The number of nitrogens with one attached hydrogen (secondary N) is 1. The average molecular weight is 300 g/mol. The summed E-state index contributed by atoms with van der Waals surface area (Å²) in [7, 11) is 0. The molecule has 0 saturated carbocycles. The van der Waals surface area contributed by atoms with Crippen LogP contribution < -0.4 is 5.32 Å². The van der Waals surface area contributed by atoms with Crippen LogP contribution in [0.1, 0.15) is 29.4 Å². The molecule has 7 heteroatoms. The van der Waals surface area contributed by atoms with Crippen molar-refractivity contribution in [1.82, 2.24) is 14.9 Å². The zero-order chi connectivity index (χ0) is 15.7. The molecule has 1 atom stereocenters. The van der Waals surface area contributed by atoms with Gasteiger partial charge in [-0.2, -0.15) is 0 Å². The number of carbonyl (C=O) groups excluding carboxylic acids is 1. The van der Waals surface area contributed by atoms with Gasteiger partial charge in [0.25, 0.3) is 0 Å². The highest BCUT2D eigenvalue weighted by atomic mass is 16.6. The molecule has 1 N–H and O–H groups in total. The summed E-state index contributed by atoms with van der Waals surface area (Å²) in [4.78, 5) is 26.1. The lowest BCUT2D eigenvalue weighted by Gasteiger charge is -2.14. The first-order valence-corrected chi connectivity index (χ1v) is 7.10. The highest BCUT2D eigenvalue weighted by Crippen LogP contribution is 2.30. The van der Waals surface area contributed by atoms with Crippen molar-refractivity contribution in [3.8, 4) is 0 Å². The second-order valence-corrected chi connectivity index (χ2v) is 5.39. The van der Waals surface area contributed by atoms with Crippen LogP contribution in [0.2, 0.25) is 0 Å². The lowest BCUT2D eigenvalue weighted by molar-refractivity contribution is -0.389. The smallest absolute Gasteiger partial charge is 0.358 e. The van der Waals surface area contributed by atoms with Gasteiger partial charge in [-0.1, -0.05) is 24.3 Å². The van der Waals surface area contributed by atoms with Gasteiger partial charge in [0.1, 0.15) is 12.7 Å². The SMILES string of the molecule is Cc1nc([N+](=O)[O-])cn1CC(=O)NC1CCc2ccccc21. The predicted molar refractivity (Wildman–Crippen MR) is 79.3 cm³/mol. The van der Waals surface area contributed by atoms with Crippen molar-refractivity contribution in [3.05, 3.63) is 57.5 Å². The average Bonchev–Trinajstić information content (AvgIpc) is 3.04. The molecule has 1 aromatic carbocycles. The predicted octanol–water partition coefficient (Wildman–Crippen LogP) is 1.90. The number of benzene rings is 1. The summed E-state index contributed by atoms with van der Waals surface area (Å²) in [5.74, 6) is 0.0438. The van der Waals surface area contributed by atoms with Crippen LogP contribution in [0.25, 0.3) is 0 Å². The third kappa shape index (κ3) is 2.69. The van der Waals surface area contributed by atoms with Crippen molar-refractivity contribution < 1.29 is 9.72 Å². The second-order valence-electron chi connectivity index (χ2n) is 5.39. The number of hydrogen-bond acceptors (Lipinski definition) is 4. The Morgan fingerprint density at radius 1 is 1.50 bits per heavy atom. The number of fused-ring (bicyclic) bond motifs is 1. The Morgan fingerprint density at radius 2 is 2.27 bits per heavy atom. The van der Waals surface area contributed by atoms with Gasteiger partial charge in [0.2, 0.25) is 11.7 Å². The van der Waals surface area contributed by atoms with E-state index in [1.165, 1.54) is 16.3 Å². The Balaban J connectivity index is 1.68. The van der Waals surface area contributed by atoms with Gasteiger partial charge in [-0.25, -0.2) is 0 Å². The molecule has 22 heavy (non-hydrogen) atoms. The van der Waals surface area contributed by atoms with Crippen molar-refractivity contribution in [2.45, 2.75) is 32.4 Å². The molecule has 1 amide bonds. The molecule has 1 unspecified atom stereocenters. The number of nitrogens with zero attached hydrogens (tertiary/aromatic N) is 3. The lowest BCUT2D eigenvalue weighted by atomic mass is 10.1. The summed E-state index contributed by atoms with van der Waals surface area (Å²) in [5.41, 5.74) is 2.42. The molecule has 0 fully saturated rings. The second kappa shape index (κ2) is 5.59. The minimum atomic E-state index is -0.561. The van der Waals surface area contributed by atoms with E-state index in [0.29, 0.717) is 5.82 Å². The zero-order valence-corrected chi connectivity index (χ0v) is 12.2. The van der Waals surface area contributed by atoms with Gasteiger partial charge in [-0.15, -0.1) is 0 Å². The summed E-state index contributed by atoms with van der Waals surface area (Å²) < 4.78 is 1.49. The van der Waals surface area contributed by atoms with Crippen LogP contribution in [0.5, 0.6) is 0 Å². The van der Waals surface area contributed by atoms with E-state index >= 15 is 0 Å². The first kappa shape index (κ1) is 14.2. The third-order valence-electron chi connectivity index (χ3n) is 3.93. The fourth-order valence-corrected chi connectivity index (χ4v) is 2.84. The molecule has 0 bridgehead atoms. The molecule has 1 heterocycles. The number of aryl methyl sites for hydroxylation is 2. The quantitative estimate of drug-likeness (QED) is 0.689. The molecule has 1 aliphatic rings. The molecule has 1 aliphatic carbocycles. The summed E-state index contributed by atoms with van der Waals surface area (Å²) >= 11 is 0. The molecule has 0 spiro atoms. The van der Waals surface area contributed by atoms with E-state index in [4.69, 9.17) is 0 Å². The van der Waals surface area contributed by atoms with Crippen LogP contribution >= 0.6 is 0 Å². The zero-order valence-electron chi connectivity index (χ0n) is 12.2. The number of imidazole rings is 1. The Labute approximate surface area is 127 Å². The van der Waals surface area contributed by atoms with Crippen molar-refractivity contribution >= 4 is 11.7 Å². The Hall–Kier alpha value is -2.70. The maximum Gasteiger partial charge on any atom is 0.381 e. The summed E-state index contributed by atoms with van der Waals surface area (Å²) in [6, 6.07) is 8.08. The number of hydrogen-bond donors (Lipinski definition) is 1. The van der Waals surface area contributed by atoms with Gasteiger partial charge in [0.15, 0.2) is 0 Å². The number of carbonyl (C=O) groups is 1. The third-order valence-corrected chi connectivity index (χ3v) is 3.93. The molecule has 1 aromatic heterocycles. The van der Waals surface area contributed by atoms with E-state index in [-0.39, 0.29) is 24.3 Å². The molecule has 0 saturated heterocycles. The summed E-state index contributed by atoms with van der Waals surface area (Å²) in [6.45, 7) is 1.68. The van der Waals surface area contributed by atoms with Crippen LogP contribution in [0.4, 0.5) is 5.82 Å². The van der Waals surface area contributed by atoms with Crippen LogP contribution in [0.15, 0.2) is 30.5 Å². The molecule has 0 aliphatic heterocycles. The highest BCUT2D eigenvalue weighted by Gasteiger charge is 2.24. The van der Waals surface area contributed by atoms with E-state index in [9.17, 15) is 14.9 Å². The van der Waals surface area contributed by atoms with E-state index in [1.54, 1.807) is 6.92 Å². The molecular weight excluding hydrogens is 284 g/mol. The first-order valence-electron chi connectivity index (χ1n) is 7.10. The van der Waals surface area contributed by atoms with Crippen LogP contribution in [-0.2, 0) is 17.8 Å². The summed E-state index contributed by atoms with van der Waals surface area (Å²) in [5, 5.41) is 13.7. The number of nitro groups is 1. The van der Waals surface area contributed by atoms with Crippen LogP contribution in [0, 0.1) is 17.0 Å². The largest absolute Gasteiger partial charge is 0.381 e. The maximum absolute atomic E-state index is 12.2. The Kier molecular flexibility index (Phi) is 3.62. The molecule has 2 aromatic rings. The lowest BCUT2D eigenvalue weighted by Crippen LogP contribution is -2.30. The van der Waals surface area contributed by atoms with Gasteiger partial charge in [0.05, 0.1) is 6.04 Å². The van der Waals surface area contributed by atoms with Crippen molar-refractivity contribution in [2.75, 3.05) is 0 Å². The summed E-state index contributed by atoms with van der Waals surface area (Å²) in [6.07, 6.45) is 3.13. The number of aromatic nitrogens is 2. The highest BCUT2D eigenvalue weighted by molar-refractivity contribution is 5.76. The molecular formula is C15H16N4O3. The van der Waals surface area contributed by atoms with Crippen LogP contribution in [0.3, 0.4) is 0 Å². The number of rotatable bonds is 4. The monoisotopic (exact) mass is 300 g/mol. The van der Waals surface area contributed by atoms with E-state index in [1.807, 2.05) is 18.2 Å². The van der Waals surface area contributed by atoms with Gasteiger partial charge < -0.3 is 15.4 Å². The van der Waals surface area contributed by atoms with Crippen molar-refractivity contribution in [3.63, 3.8) is 0 Å². The molecule has 0 radical (unpaired) electrons. The maximum atomic E-state index is 12.2. The van der Waals surface area contributed by atoms with E-state index in [0.717, 1.165) is 18.4 Å². The minimum Gasteiger partial charge on any atom is -0.358 e. The van der Waals surface area contributed by atoms with Crippen LogP contribution in [-0.4, -0.2) is 20.4 Å². The standard InChI is InChI=1S/C15H16N4O3/c1-10-16-14(19(21)22)8-18(10)9-15(20)17-13-7-6-11-4-2-3-5-12(11)13/h2-5,8,13H,6-7,9H2,1H3,(H,17,20). The van der Waals surface area contributed by atoms with Crippen molar-refractivity contribution in [1.29, 1.82) is 0 Å². The van der Waals surface area contributed by atoms with Gasteiger partial charge in [0, 0.05) is 6.92 Å². The topological polar surface area (TPSA) is 90.1 Å². The minimum absolute atomic E-state index is 0.0162. The van der Waals surface area contributed by atoms with Crippen molar-refractivity contribution in [2.24, 2.45) is 0 Å². The fourth-order valence-electron chi connectivity index (χ4n) is 2.84. The van der Waals surface area contributed by atoms with Gasteiger partial charge in [-0.05, 0) is 33.9 Å². The Bertz CT molecular complexity index is 738. The molecule has 3 rings (SSSR count). The molecule has 114 valence electrons. The fraction of sp³-hybridized carbons (Fsp3) is 0.333. The van der Waals surface area contributed by atoms with E-state index < -0.39 is 4.92 Å². The van der Waals surface area contributed by atoms with Gasteiger partial charge >= 0.3 is 5.82 Å². The normalized spacial score (nSPS) is 16.3.